The number of aliphatic hydroxyl groups is 1. The van der Waals surface area contributed by atoms with Crippen molar-refractivity contribution < 1.29 is 14.6 Å². The van der Waals surface area contributed by atoms with E-state index in [4.69, 9.17) is 9.47 Å². The van der Waals surface area contributed by atoms with Gasteiger partial charge < -0.3 is 14.6 Å². The molecular weight excluding hydrogens is 228 g/mol. The van der Waals surface area contributed by atoms with Gasteiger partial charge in [-0.3, -0.25) is 0 Å². The van der Waals surface area contributed by atoms with Crippen LogP contribution in [0.2, 0.25) is 0 Å². The van der Waals surface area contributed by atoms with Gasteiger partial charge in [-0.25, -0.2) is 0 Å². The SMILES string of the molecule is CCOCCOC(C(C)C)C(O)c1ccccc1. The molecule has 2 unspecified atom stereocenters. The Bertz CT molecular complexity index is 311. The minimum absolute atomic E-state index is 0.201. The molecule has 0 aliphatic rings. The summed E-state index contributed by atoms with van der Waals surface area (Å²) >= 11 is 0. The van der Waals surface area contributed by atoms with Crippen molar-refractivity contribution >= 4 is 0 Å². The molecule has 1 N–H and O–H groups in total. The lowest BCUT2D eigenvalue weighted by atomic mass is 9.96. The van der Waals surface area contributed by atoms with E-state index >= 15 is 0 Å². The molecule has 1 rings (SSSR count). The lowest BCUT2D eigenvalue weighted by Crippen LogP contribution is -2.29. The smallest absolute Gasteiger partial charge is 0.105 e. The van der Waals surface area contributed by atoms with Gasteiger partial charge in [0.1, 0.15) is 6.10 Å². The third-order valence-electron chi connectivity index (χ3n) is 2.85. The molecule has 0 spiro atoms. The van der Waals surface area contributed by atoms with Crippen molar-refractivity contribution in [1.82, 2.24) is 0 Å². The van der Waals surface area contributed by atoms with Gasteiger partial charge in [-0.1, -0.05) is 44.2 Å². The zero-order valence-corrected chi connectivity index (χ0v) is 11.5. The number of rotatable bonds is 8. The normalized spacial score (nSPS) is 14.7. The predicted octanol–water partition coefficient (Wildman–Crippen LogP) is 2.80. The van der Waals surface area contributed by atoms with Crippen LogP contribution in [-0.4, -0.2) is 31.0 Å². The summed E-state index contributed by atoms with van der Waals surface area (Å²) in [6.45, 7) is 7.84. The number of ether oxygens (including phenoxy) is 2. The van der Waals surface area contributed by atoms with Crippen molar-refractivity contribution in [3.05, 3.63) is 35.9 Å². The van der Waals surface area contributed by atoms with Crippen LogP contribution in [0.4, 0.5) is 0 Å². The van der Waals surface area contributed by atoms with Crippen molar-refractivity contribution in [3.63, 3.8) is 0 Å². The van der Waals surface area contributed by atoms with Crippen LogP contribution in [0.5, 0.6) is 0 Å². The highest BCUT2D eigenvalue weighted by Crippen LogP contribution is 2.24. The molecule has 18 heavy (non-hydrogen) atoms. The number of aliphatic hydroxyl groups excluding tert-OH is 1. The quantitative estimate of drug-likeness (QED) is 0.723. The first-order valence-corrected chi connectivity index (χ1v) is 6.59. The molecule has 0 aliphatic carbocycles. The molecule has 2 atom stereocenters. The topological polar surface area (TPSA) is 38.7 Å². The summed E-state index contributed by atoms with van der Waals surface area (Å²) < 4.78 is 11.0. The van der Waals surface area contributed by atoms with E-state index in [0.29, 0.717) is 19.8 Å². The van der Waals surface area contributed by atoms with E-state index < -0.39 is 6.10 Å². The molecule has 0 bridgehead atoms. The fourth-order valence-corrected chi connectivity index (χ4v) is 1.88. The van der Waals surface area contributed by atoms with Crippen LogP contribution in [0.25, 0.3) is 0 Å². The second kappa shape index (κ2) is 8.25. The minimum Gasteiger partial charge on any atom is -0.386 e. The lowest BCUT2D eigenvalue weighted by molar-refractivity contribution is -0.0774. The Morgan fingerprint density at radius 1 is 1.11 bits per heavy atom. The molecule has 3 heteroatoms. The monoisotopic (exact) mass is 252 g/mol. The summed E-state index contributed by atoms with van der Waals surface area (Å²) in [6, 6.07) is 9.64. The Morgan fingerprint density at radius 3 is 2.33 bits per heavy atom. The van der Waals surface area contributed by atoms with E-state index in [1.54, 1.807) is 0 Å². The van der Waals surface area contributed by atoms with Crippen molar-refractivity contribution in [2.45, 2.75) is 33.0 Å². The van der Waals surface area contributed by atoms with Gasteiger partial charge in [0.25, 0.3) is 0 Å². The summed E-state index contributed by atoms with van der Waals surface area (Å²) in [6.07, 6.45) is -0.791. The Labute approximate surface area is 110 Å². The van der Waals surface area contributed by atoms with Gasteiger partial charge in [0.2, 0.25) is 0 Å². The average molecular weight is 252 g/mol. The Balaban J connectivity index is 2.56. The van der Waals surface area contributed by atoms with E-state index in [2.05, 4.69) is 13.8 Å². The molecule has 0 aromatic heterocycles. The van der Waals surface area contributed by atoms with Crippen LogP contribution in [-0.2, 0) is 9.47 Å². The maximum absolute atomic E-state index is 10.3. The Hall–Kier alpha value is -0.900. The highest BCUT2D eigenvalue weighted by Gasteiger charge is 2.24. The summed E-state index contributed by atoms with van der Waals surface area (Å²) in [5.74, 6) is 0.252. The fourth-order valence-electron chi connectivity index (χ4n) is 1.88. The van der Waals surface area contributed by atoms with Gasteiger partial charge in [-0.2, -0.15) is 0 Å². The zero-order chi connectivity index (χ0) is 13.4. The van der Waals surface area contributed by atoms with Crippen molar-refractivity contribution in [2.75, 3.05) is 19.8 Å². The van der Waals surface area contributed by atoms with Gasteiger partial charge in [0.15, 0.2) is 0 Å². The molecule has 3 nitrogen and oxygen atoms in total. The highest BCUT2D eigenvalue weighted by atomic mass is 16.5. The minimum atomic E-state index is -0.590. The number of hydrogen-bond acceptors (Lipinski definition) is 3. The number of benzene rings is 1. The molecule has 0 aliphatic heterocycles. The van der Waals surface area contributed by atoms with E-state index in [1.165, 1.54) is 0 Å². The van der Waals surface area contributed by atoms with E-state index in [1.807, 2.05) is 37.3 Å². The largest absolute Gasteiger partial charge is 0.386 e. The van der Waals surface area contributed by atoms with Gasteiger partial charge in [0.05, 0.1) is 19.3 Å². The molecule has 0 saturated carbocycles. The van der Waals surface area contributed by atoms with Gasteiger partial charge >= 0.3 is 0 Å². The van der Waals surface area contributed by atoms with Crippen LogP contribution in [0, 0.1) is 5.92 Å². The zero-order valence-electron chi connectivity index (χ0n) is 11.5. The molecule has 1 aromatic carbocycles. The summed E-state index contributed by atoms with van der Waals surface area (Å²) in [5.41, 5.74) is 0.896. The van der Waals surface area contributed by atoms with Crippen LogP contribution < -0.4 is 0 Å². The maximum atomic E-state index is 10.3. The van der Waals surface area contributed by atoms with Gasteiger partial charge in [-0.05, 0) is 18.4 Å². The molecule has 0 saturated heterocycles. The van der Waals surface area contributed by atoms with Crippen LogP contribution >= 0.6 is 0 Å². The average Bonchev–Trinajstić information content (AvgIpc) is 2.39. The second-order valence-electron chi connectivity index (χ2n) is 4.63. The number of hydrogen-bond donors (Lipinski definition) is 1. The summed E-state index contributed by atoms with van der Waals surface area (Å²) in [4.78, 5) is 0. The molecule has 102 valence electrons. The van der Waals surface area contributed by atoms with Gasteiger partial charge in [-0.15, -0.1) is 0 Å². The first kappa shape index (κ1) is 15.2. The van der Waals surface area contributed by atoms with E-state index in [9.17, 15) is 5.11 Å². The predicted molar refractivity (Wildman–Crippen MR) is 72.5 cm³/mol. The summed E-state index contributed by atoms with van der Waals surface area (Å²) in [7, 11) is 0. The Kier molecular flexibility index (Phi) is 6.94. The Morgan fingerprint density at radius 2 is 1.78 bits per heavy atom. The van der Waals surface area contributed by atoms with Crippen LogP contribution in [0.15, 0.2) is 30.3 Å². The summed E-state index contributed by atoms with van der Waals surface area (Å²) in [5, 5.41) is 10.3. The van der Waals surface area contributed by atoms with Crippen LogP contribution in [0.1, 0.15) is 32.4 Å². The second-order valence-corrected chi connectivity index (χ2v) is 4.63. The molecular formula is C15H24O3. The first-order valence-electron chi connectivity index (χ1n) is 6.59. The van der Waals surface area contributed by atoms with Crippen LogP contribution in [0.3, 0.4) is 0 Å². The first-order chi connectivity index (χ1) is 8.66. The molecule has 1 aromatic rings. The molecule has 0 heterocycles. The molecule has 0 amide bonds. The van der Waals surface area contributed by atoms with E-state index in [0.717, 1.165) is 5.56 Å². The fraction of sp³-hybridized carbons (Fsp3) is 0.600. The standard InChI is InChI=1S/C15H24O3/c1-4-17-10-11-18-15(12(2)3)14(16)13-8-6-5-7-9-13/h5-9,12,14-16H,4,10-11H2,1-3H3. The molecule has 0 radical (unpaired) electrons. The van der Waals surface area contributed by atoms with E-state index in [-0.39, 0.29) is 12.0 Å². The van der Waals surface area contributed by atoms with Crippen molar-refractivity contribution in [2.24, 2.45) is 5.92 Å². The third kappa shape index (κ3) is 4.77. The molecule has 0 fully saturated rings. The lowest BCUT2D eigenvalue weighted by Gasteiger charge is -2.27. The van der Waals surface area contributed by atoms with Crippen molar-refractivity contribution in [1.29, 1.82) is 0 Å². The maximum Gasteiger partial charge on any atom is 0.105 e. The third-order valence-corrected chi connectivity index (χ3v) is 2.85. The van der Waals surface area contributed by atoms with Crippen molar-refractivity contribution in [3.8, 4) is 0 Å². The highest BCUT2D eigenvalue weighted by molar-refractivity contribution is 5.18. The van der Waals surface area contributed by atoms with Gasteiger partial charge in [0, 0.05) is 6.61 Å².